The van der Waals surface area contributed by atoms with E-state index in [0.29, 0.717) is 29.0 Å². The van der Waals surface area contributed by atoms with Gasteiger partial charge in [0.15, 0.2) is 0 Å². The van der Waals surface area contributed by atoms with Gasteiger partial charge in [0, 0.05) is 41.3 Å². The number of phenols is 4. The highest BCUT2D eigenvalue weighted by Crippen LogP contribution is 2.46. The lowest BCUT2D eigenvalue weighted by molar-refractivity contribution is 0.258. The van der Waals surface area contributed by atoms with Gasteiger partial charge in [-0.2, -0.15) is 0 Å². The molecule has 1 aliphatic heterocycles. The average Bonchev–Trinajstić information content (AvgIpc) is 2.96. The van der Waals surface area contributed by atoms with Gasteiger partial charge >= 0.3 is 0 Å². The maximum Gasteiger partial charge on any atom is 0.201 e. The van der Waals surface area contributed by atoms with Crippen molar-refractivity contribution in [1.29, 1.82) is 0 Å². The van der Waals surface area contributed by atoms with Crippen LogP contribution in [0.2, 0.25) is 0 Å². The van der Waals surface area contributed by atoms with Crippen molar-refractivity contribution in [2.45, 2.75) is 12.3 Å². The van der Waals surface area contributed by atoms with Crippen molar-refractivity contribution in [3.63, 3.8) is 0 Å². The highest BCUT2D eigenvalue weighted by molar-refractivity contribution is 5.92. The van der Waals surface area contributed by atoms with Gasteiger partial charge in [-0.25, -0.2) is 0 Å². The lowest BCUT2D eigenvalue weighted by Gasteiger charge is -2.27. The van der Waals surface area contributed by atoms with Crippen molar-refractivity contribution in [1.82, 2.24) is 0 Å². The first kappa shape index (κ1) is 25.9. The van der Waals surface area contributed by atoms with Crippen LogP contribution in [0.15, 0.2) is 75.9 Å². The molecule has 0 bridgehead atoms. The Kier molecular flexibility index (Phi) is 6.34. The second-order valence-corrected chi connectivity index (χ2v) is 9.81. The number of benzene rings is 4. The maximum absolute atomic E-state index is 14.1. The molecule has 1 aliphatic rings. The summed E-state index contributed by atoms with van der Waals surface area (Å²) in [4.78, 5) is 14.1. The predicted octanol–water partition coefficient (Wildman–Crippen LogP) is 5.69. The molecule has 0 fully saturated rings. The summed E-state index contributed by atoms with van der Waals surface area (Å²) in [6.45, 7) is 0.230. The lowest BCUT2D eigenvalue weighted by Crippen LogP contribution is -2.19. The Morgan fingerprint density at radius 1 is 0.805 bits per heavy atom. The van der Waals surface area contributed by atoms with E-state index in [-0.39, 0.29) is 69.1 Å². The summed E-state index contributed by atoms with van der Waals surface area (Å²) in [7, 11) is 2.90. The fourth-order valence-electron chi connectivity index (χ4n) is 5.28. The molecule has 0 amide bonds. The zero-order chi connectivity index (χ0) is 28.8. The number of fused-ring (bicyclic) bond motifs is 2. The summed E-state index contributed by atoms with van der Waals surface area (Å²) < 4.78 is 22.9. The molecule has 4 aromatic carbocycles. The summed E-state index contributed by atoms with van der Waals surface area (Å²) in [6, 6.07) is 16.8. The molecular weight excluding hydrogens is 528 g/mol. The summed E-state index contributed by atoms with van der Waals surface area (Å²) in [5.74, 6) is 0.748. The number of ether oxygens (including phenoxy) is 3. The number of methoxy groups -OCH3 is 2. The minimum atomic E-state index is -0.424. The standard InChI is InChI=1S/C32H26O9/c1-38-20-6-8-21(25(35)12-20)32-30(31(37)22-7-5-19(34)11-29(22)41-32)24-13-23(26(36)14-28(24)39-2)17-9-16-3-4-18(33)10-27(16)40-15-17/h3-8,10-14,17,33-36H,9,15H2,1-2H3/t17-/m1/s1. The Bertz CT molecular complexity index is 1870. The molecule has 0 spiro atoms. The number of phenolic OH excluding ortho intramolecular Hbond substituents is 4. The molecule has 0 unspecified atom stereocenters. The molecule has 0 saturated carbocycles. The number of hydrogen-bond acceptors (Lipinski definition) is 9. The monoisotopic (exact) mass is 554 g/mol. The van der Waals surface area contributed by atoms with Gasteiger partial charge in [-0.05, 0) is 48.4 Å². The van der Waals surface area contributed by atoms with Crippen LogP contribution in [-0.2, 0) is 6.42 Å². The van der Waals surface area contributed by atoms with Crippen LogP contribution in [0.25, 0.3) is 33.4 Å². The van der Waals surface area contributed by atoms with Gasteiger partial charge in [0.1, 0.15) is 51.6 Å². The minimum absolute atomic E-state index is 0.0367. The smallest absolute Gasteiger partial charge is 0.201 e. The van der Waals surface area contributed by atoms with E-state index in [1.54, 1.807) is 36.4 Å². The van der Waals surface area contributed by atoms with Gasteiger partial charge in [-0.3, -0.25) is 4.79 Å². The summed E-state index contributed by atoms with van der Waals surface area (Å²) in [6.07, 6.45) is 0.521. The average molecular weight is 555 g/mol. The molecule has 5 aromatic rings. The maximum atomic E-state index is 14.1. The first-order chi connectivity index (χ1) is 19.8. The van der Waals surface area contributed by atoms with Crippen LogP contribution in [0.5, 0.6) is 40.2 Å². The normalized spacial score (nSPS) is 14.3. The Labute approximate surface area is 234 Å². The fourth-order valence-corrected chi connectivity index (χ4v) is 5.28. The molecule has 0 saturated heterocycles. The second-order valence-electron chi connectivity index (χ2n) is 9.81. The number of hydrogen-bond donors (Lipinski definition) is 4. The summed E-state index contributed by atoms with van der Waals surface area (Å²) >= 11 is 0. The van der Waals surface area contributed by atoms with E-state index in [1.807, 2.05) is 0 Å². The molecule has 208 valence electrons. The third-order valence-electron chi connectivity index (χ3n) is 7.34. The number of rotatable bonds is 5. The zero-order valence-corrected chi connectivity index (χ0v) is 22.2. The molecule has 41 heavy (non-hydrogen) atoms. The Hall–Kier alpha value is -5.31. The van der Waals surface area contributed by atoms with Gasteiger partial charge in [-0.15, -0.1) is 0 Å². The van der Waals surface area contributed by atoms with Crippen LogP contribution in [0, 0.1) is 0 Å². The van der Waals surface area contributed by atoms with E-state index < -0.39 is 5.43 Å². The van der Waals surface area contributed by atoms with Gasteiger partial charge in [0.2, 0.25) is 5.43 Å². The zero-order valence-electron chi connectivity index (χ0n) is 22.2. The van der Waals surface area contributed by atoms with Crippen LogP contribution in [0.1, 0.15) is 17.0 Å². The predicted molar refractivity (Wildman–Crippen MR) is 152 cm³/mol. The SMILES string of the molecule is COc1ccc(-c2oc3cc(O)ccc3c(=O)c2-c2cc([C@H]3COc4cc(O)ccc4C3)c(O)cc2OC)c(O)c1. The molecule has 1 aromatic heterocycles. The molecule has 9 heteroatoms. The van der Waals surface area contributed by atoms with E-state index in [4.69, 9.17) is 18.6 Å². The Morgan fingerprint density at radius 3 is 2.34 bits per heavy atom. The van der Waals surface area contributed by atoms with Crippen LogP contribution >= 0.6 is 0 Å². The Morgan fingerprint density at radius 2 is 1.59 bits per heavy atom. The van der Waals surface area contributed by atoms with Crippen molar-refractivity contribution >= 4 is 11.0 Å². The lowest BCUT2D eigenvalue weighted by atomic mass is 9.87. The third kappa shape index (κ3) is 4.51. The molecule has 4 N–H and O–H groups in total. The molecular formula is C32H26O9. The van der Waals surface area contributed by atoms with Crippen LogP contribution in [-0.4, -0.2) is 41.3 Å². The molecule has 9 nitrogen and oxygen atoms in total. The van der Waals surface area contributed by atoms with Gasteiger partial charge in [0.25, 0.3) is 0 Å². The molecule has 0 radical (unpaired) electrons. The summed E-state index contributed by atoms with van der Waals surface area (Å²) in [5, 5.41) is 42.0. The van der Waals surface area contributed by atoms with E-state index in [1.165, 1.54) is 44.6 Å². The molecule has 6 rings (SSSR count). The molecule has 2 heterocycles. The topological polar surface area (TPSA) is 139 Å². The van der Waals surface area contributed by atoms with Crippen molar-refractivity contribution < 1.29 is 39.1 Å². The van der Waals surface area contributed by atoms with Crippen LogP contribution < -0.4 is 19.6 Å². The van der Waals surface area contributed by atoms with E-state index in [9.17, 15) is 25.2 Å². The molecule has 1 atom stereocenters. The fraction of sp³-hybridized carbons (Fsp3) is 0.156. The van der Waals surface area contributed by atoms with Crippen molar-refractivity contribution in [2.75, 3.05) is 20.8 Å². The first-order valence-electron chi connectivity index (χ1n) is 12.8. The first-order valence-corrected chi connectivity index (χ1v) is 12.8. The van der Waals surface area contributed by atoms with E-state index in [2.05, 4.69) is 0 Å². The summed E-state index contributed by atoms with van der Waals surface area (Å²) in [5.41, 5.74) is 1.75. The Balaban J connectivity index is 1.59. The largest absolute Gasteiger partial charge is 0.508 e. The van der Waals surface area contributed by atoms with Gasteiger partial charge < -0.3 is 39.1 Å². The third-order valence-corrected chi connectivity index (χ3v) is 7.34. The quantitative estimate of drug-likeness (QED) is 0.216. The van der Waals surface area contributed by atoms with Crippen molar-refractivity contribution in [3.05, 3.63) is 88.1 Å². The second kappa shape index (κ2) is 10.0. The van der Waals surface area contributed by atoms with E-state index >= 15 is 0 Å². The van der Waals surface area contributed by atoms with Crippen LogP contribution in [0.3, 0.4) is 0 Å². The molecule has 0 aliphatic carbocycles. The van der Waals surface area contributed by atoms with Gasteiger partial charge in [0.05, 0.1) is 37.3 Å². The van der Waals surface area contributed by atoms with Crippen molar-refractivity contribution in [3.8, 4) is 62.7 Å². The number of aromatic hydroxyl groups is 4. The van der Waals surface area contributed by atoms with Crippen LogP contribution in [0.4, 0.5) is 0 Å². The van der Waals surface area contributed by atoms with Gasteiger partial charge in [-0.1, -0.05) is 6.07 Å². The highest BCUT2D eigenvalue weighted by Gasteiger charge is 2.29. The minimum Gasteiger partial charge on any atom is -0.508 e. The highest BCUT2D eigenvalue weighted by atomic mass is 16.5. The van der Waals surface area contributed by atoms with Crippen molar-refractivity contribution in [2.24, 2.45) is 0 Å². The van der Waals surface area contributed by atoms with E-state index in [0.717, 1.165) is 5.56 Å².